The summed E-state index contributed by atoms with van der Waals surface area (Å²) in [6, 6.07) is 78.3. The predicted molar refractivity (Wildman–Crippen MR) is 273 cm³/mol. The van der Waals surface area contributed by atoms with Crippen LogP contribution in [0.5, 0.6) is 0 Å². The molecule has 6 bridgehead atoms. The van der Waals surface area contributed by atoms with Gasteiger partial charge in [0.05, 0.1) is 33.8 Å². The first-order valence-electron chi connectivity index (χ1n) is 22.3. The maximum absolute atomic E-state index is 5.88. The molecule has 2 aliphatic heterocycles. The van der Waals surface area contributed by atoms with Crippen LogP contribution in [-0.4, -0.2) is 15.0 Å². The van der Waals surface area contributed by atoms with Crippen molar-refractivity contribution in [2.75, 3.05) is 0 Å². The average molecular weight is 830 g/mol. The highest BCUT2D eigenvalue weighted by Gasteiger charge is 2.28. The molecular weight excluding hydrogens is 787 g/mol. The molecule has 3 nitrogen and oxygen atoms in total. The Morgan fingerprint density at radius 1 is 0.262 bits per heavy atom. The molecule has 65 heavy (non-hydrogen) atoms. The van der Waals surface area contributed by atoms with E-state index in [1.54, 1.807) is 0 Å². The van der Waals surface area contributed by atoms with Crippen molar-refractivity contribution in [3.8, 4) is 89.5 Å². The number of aromatic amines is 1. The van der Waals surface area contributed by atoms with Crippen LogP contribution in [-0.2, 0) is 0 Å². The molecule has 0 atom stereocenters. The number of rotatable bonds is 4. The summed E-state index contributed by atoms with van der Waals surface area (Å²) in [5.41, 5.74) is 21.2. The van der Waals surface area contributed by atoms with Crippen molar-refractivity contribution in [3.63, 3.8) is 0 Å². The van der Waals surface area contributed by atoms with E-state index in [4.69, 9.17) is 9.97 Å². The van der Waals surface area contributed by atoms with Crippen molar-refractivity contribution in [2.45, 2.75) is 13.8 Å². The minimum Gasteiger partial charge on any atom is -0.353 e. The summed E-state index contributed by atoms with van der Waals surface area (Å²) in [6.45, 7) is 4.55. The number of benzene rings is 8. The molecule has 0 saturated carbocycles. The van der Waals surface area contributed by atoms with Gasteiger partial charge in [0.25, 0.3) is 0 Å². The van der Waals surface area contributed by atoms with Gasteiger partial charge in [0.2, 0.25) is 0 Å². The Bertz CT molecular complexity index is 3460. The lowest BCUT2D eigenvalue weighted by molar-refractivity contribution is 1.39. The normalized spacial score (nSPS) is 11.5. The molecule has 2 aliphatic rings. The summed E-state index contributed by atoms with van der Waals surface area (Å²) >= 11 is 0. The third kappa shape index (κ3) is 6.27. The first kappa shape index (κ1) is 38.3. The van der Waals surface area contributed by atoms with E-state index in [0.717, 1.165) is 133 Å². The van der Waals surface area contributed by atoms with Gasteiger partial charge in [-0.15, -0.1) is 0 Å². The Balaban J connectivity index is 1.43. The molecule has 0 saturated heterocycles. The summed E-state index contributed by atoms with van der Waals surface area (Å²) in [7, 11) is 0. The van der Waals surface area contributed by atoms with Crippen molar-refractivity contribution >= 4 is 32.6 Å². The Labute approximate surface area is 378 Å². The zero-order chi connectivity index (χ0) is 43.4. The number of hydrogen-bond acceptors (Lipinski definition) is 2. The summed E-state index contributed by atoms with van der Waals surface area (Å²) in [6.07, 6.45) is 0. The molecule has 3 heteroatoms. The van der Waals surface area contributed by atoms with Crippen LogP contribution in [0.2, 0.25) is 0 Å². The lowest BCUT2D eigenvalue weighted by Gasteiger charge is -2.13. The highest BCUT2D eigenvalue weighted by Crippen LogP contribution is 2.50. The van der Waals surface area contributed by atoms with E-state index in [9.17, 15) is 0 Å². The standard InChI is InChI=1S/C62H43N3/c1-39-45-31-15-16-32-46(45)40(2)54(42-25-9-4-10-26-42)58-48-34-18-20-36-50(48)60(64-58)56(44-29-13-6-14-30-44)62-52-38-22-21-37-51(52)61(65-62)55(43-27-11-5-12-28-43)59-49-35-19-17-33-47(49)57(63-59)53(39)41-23-7-3-8-24-41/h3-38,65H,1-2H3. The summed E-state index contributed by atoms with van der Waals surface area (Å²) in [5, 5.41) is 4.53. The number of hydrogen-bond donors (Lipinski definition) is 1. The maximum atomic E-state index is 5.88. The second-order valence-corrected chi connectivity index (χ2v) is 16.9. The van der Waals surface area contributed by atoms with Gasteiger partial charge in [-0.05, 0) is 58.0 Å². The van der Waals surface area contributed by atoms with Gasteiger partial charge >= 0.3 is 0 Å². The highest BCUT2D eigenvalue weighted by atomic mass is 14.8. The van der Waals surface area contributed by atoms with Gasteiger partial charge in [-0.3, -0.25) is 0 Å². The van der Waals surface area contributed by atoms with Gasteiger partial charge < -0.3 is 4.98 Å². The lowest BCUT2D eigenvalue weighted by Crippen LogP contribution is -1.91. The molecule has 2 aromatic heterocycles. The molecule has 8 aromatic carbocycles. The van der Waals surface area contributed by atoms with Crippen LogP contribution >= 0.6 is 0 Å². The van der Waals surface area contributed by atoms with Crippen LogP contribution in [0.15, 0.2) is 218 Å². The number of H-pyrrole nitrogens is 1. The molecule has 0 aliphatic carbocycles. The smallest absolute Gasteiger partial charge is 0.0816 e. The summed E-state index contributed by atoms with van der Waals surface area (Å²) < 4.78 is 0. The number of aryl methyl sites for hydroxylation is 2. The van der Waals surface area contributed by atoms with E-state index in [1.165, 1.54) is 0 Å². The van der Waals surface area contributed by atoms with Crippen molar-refractivity contribution in [1.29, 1.82) is 0 Å². The van der Waals surface area contributed by atoms with Gasteiger partial charge in [0, 0.05) is 55.3 Å². The number of fused-ring (bicyclic) bond motifs is 16. The van der Waals surface area contributed by atoms with E-state index >= 15 is 0 Å². The van der Waals surface area contributed by atoms with Crippen molar-refractivity contribution in [3.05, 3.63) is 230 Å². The molecule has 10 aromatic rings. The summed E-state index contributed by atoms with van der Waals surface area (Å²) in [5.74, 6) is 0. The summed E-state index contributed by atoms with van der Waals surface area (Å²) in [4.78, 5) is 15.9. The largest absolute Gasteiger partial charge is 0.353 e. The molecule has 0 unspecified atom stereocenters. The Hall–Kier alpha value is -8.40. The van der Waals surface area contributed by atoms with Gasteiger partial charge in [0.1, 0.15) is 0 Å². The molecule has 1 N–H and O–H groups in total. The third-order valence-electron chi connectivity index (χ3n) is 13.2. The SMILES string of the molecule is Cc1c(-c2ccccc2)c2nc(c(-c3ccccc3)c3[nH]c(c(-c4ccccc4)c4nc(c(-c5ccccc5)c(C)c5ccccc15)-c1ccccc1-4)c1ccccc31)-c1ccccc1-2. The fraction of sp³-hybridized carbons (Fsp3) is 0.0323. The quantitative estimate of drug-likeness (QED) is 0.192. The first-order chi connectivity index (χ1) is 32.1. The van der Waals surface area contributed by atoms with Crippen molar-refractivity contribution < 1.29 is 0 Å². The number of nitrogens with one attached hydrogen (secondary N) is 1. The second-order valence-electron chi connectivity index (χ2n) is 16.9. The van der Waals surface area contributed by atoms with Crippen LogP contribution in [0.4, 0.5) is 0 Å². The van der Waals surface area contributed by atoms with E-state index < -0.39 is 0 Å². The molecule has 0 spiro atoms. The first-order valence-corrected chi connectivity index (χ1v) is 22.3. The third-order valence-corrected chi connectivity index (χ3v) is 13.2. The van der Waals surface area contributed by atoms with Crippen LogP contribution in [0.25, 0.3) is 122 Å². The highest BCUT2D eigenvalue weighted by molar-refractivity contribution is 6.18. The van der Waals surface area contributed by atoms with Crippen molar-refractivity contribution in [2.24, 2.45) is 0 Å². The molecule has 0 radical (unpaired) electrons. The maximum Gasteiger partial charge on any atom is 0.0816 e. The van der Waals surface area contributed by atoms with Gasteiger partial charge in [-0.1, -0.05) is 218 Å². The Morgan fingerprint density at radius 3 is 0.831 bits per heavy atom. The average Bonchev–Trinajstić information content (AvgIpc) is 4.06. The van der Waals surface area contributed by atoms with E-state index in [-0.39, 0.29) is 0 Å². The fourth-order valence-electron chi connectivity index (χ4n) is 10.3. The van der Waals surface area contributed by atoms with Crippen LogP contribution in [0.3, 0.4) is 0 Å². The Kier molecular flexibility index (Phi) is 9.28. The predicted octanol–water partition coefficient (Wildman–Crippen LogP) is 16.7. The molecule has 4 heterocycles. The molecular formula is C62H43N3. The molecule has 306 valence electrons. The number of aromatic nitrogens is 3. The fourth-order valence-corrected chi connectivity index (χ4v) is 10.3. The van der Waals surface area contributed by atoms with Crippen LogP contribution in [0.1, 0.15) is 11.1 Å². The molecule has 0 fully saturated rings. The minimum absolute atomic E-state index is 0.932. The van der Waals surface area contributed by atoms with Gasteiger partial charge in [-0.25, -0.2) is 9.97 Å². The second kappa shape index (κ2) is 15.7. The Morgan fingerprint density at radius 2 is 0.508 bits per heavy atom. The monoisotopic (exact) mass is 829 g/mol. The van der Waals surface area contributed by atoms with Crippen molar-refractivity contribution in [1.82, 2.24) is 15.0 Å². The van der Waals surface area contributed by atoms with Crippen LogP contribution in [0, 0.1) is 13.8 Å². The van der Waals surface area contributed by atoms with Gasteiger partial charge in [0.15, 0.2) is 0 Å². The van der Waals surface area contributed by atoms with E-state index in [0.29, 0.717) is 0 Å². The molecule has 0 amide bonds. The zero-order valence-electron chi connectivity index (χ0n) is 36.2. The lowest BCUT2D eigenvalue weighted by atomic mass is 9.90. The zero-order valence-corrected chi connectivity index (χ0v) is 36.2. The van der Waals surface area contributed by atoms with Gasteiger partial charge in [-0.2, -0.15) is 0 Å². The molecule has 12 rings (SSSR count). The topological polar surface area (TPSA) is 41.6 Å². The van der Waals surface area contributed by atoms with E-state index in [2.05, 4.69) is 237 Å². The van der Waals surface area contributed by atoms with Crippen LogP contribution < -0.4 is 0 Å². The number of nitrogens with zero attached hydrogens (tertiary/aromatic N) is 2. The minimum atomic E-state index is 0.932. The van der Waals surface area contributed by atoms with E-state index in [1.807, 2.05) is 0 Å².